The molecule has 8 nitrogen and oxygen atoms in total. The molecule has 4 rings (SSSR count). The molecule has 1 atom stereocenters. The van der Waals surface area contributed by atoms with Crippen molar-refractivity contribution in [3.63, 3.8) is 0 Å². The van der Waals surface area contributed by atoms with Crippen LogP contribution in [0.5, 0.6) is 5.88 Å². The zero-order valence-electron chi connectivity index (χ0n) is 15.8. The van der Waals surface area contributed by atoms with Gasteiger partial charge in [0.2, 0.25) is 5.88 Å². The van der Waals surface area contributed by atoms with Crippen molar-refractivity contribution >= 4 is 5.91 Å². The third-order valence-electron chi connectivity index (χ3n) is 4.88. The minimum absolute atomic E-state index is 0.0237. The van der Waals surface area contributed by atoms with Crippen LogP contribution in [0.1, 0.15) is 27.9 Å². The number of nitriles is 1. The molecule has 1 amide bonds. The Kier molecular flexibility index (Phi) is 4.97. The molecule has 1 saturated heterocycles. The number of aromatic nitrogens is 3. The van der Waals surface area contributed by atoms with E-state index in [4.69, 9.17) is 10.00 Å². The first kappa shape index (κ1) is 18.7. The summed E-state index contributed by atoms with van der Waals surface area (Å²) < 4.78 is 6.56. The third-order valence-corrected chi connectivity index (χ3v) is 4.88. The number of carbonyl (C=O) groups excluding carboxylic acids is 1. The predicted molar refractivity (Wildman–Crippen MR) is 105 cm³/mol. The average molecular weight is 389 g/mol. The number of hydrogen-bond donors (Lipinski definition) is 2. The Hall–Kier alpha value is -3.70. The van der Waals surface area contributed by atoms with Gasteiger partial charge < -0.3 is 15.2 Å². The van der Waals surface area contributed by atoms with Gasteiger partial charge in [-0.25, -0.2) is 4.98 Å². The normalized spacial score (nSPS) is 15.8. The van der Waals surface area contributed by atoms with Gasteiger partial charge in [-0.1, -0.05) is 6.07 Å². The van der Waals surface area contributed by atoms with E-state index < -0.39 is 0 Å². The van der Waals surface area contributed by atoms with Gasteiger partial charge in [-0.15, -0.1) is 0 Å². The van der Waals surface area contributed by atoms with E-state index in [9.17, 15) is 9.90 Å². The molecule has 8 heteroatoms. The Morgan fingerprint density at radius 3 is 2.83 bits per heavy atom. The summed E-state index contributed by atoms with van der Waals surface area (Å²) >= 11 is 0. The molecule has 0 radical (unpaired) electrons. The Morgan fingerprint density at radius 1 is 1.31 bits per heavy atom. The molecule has 29 heavy (non-hydrogen) atoms. The SMILES string of the molecule is Cc1cc(C#N)ccc1-c1cnn(-c2ccc(C(=O)NC3CCOC3)cn2)c1O. The summed E-state index contributed by atoms with van der Waals surface area (Å²) in [6.45, 7) is 3.05. The summed E-state index contributed by atoms with van der Waals surface area (Å²) in [6.07, 6.45) is 3.80. The number of nitrogens with zero attached hydrogens (tertiary/aromatic N) is 4. The van der Waals surface area contributed by atoms with Gasteiger partial charge in [0.1, 0.15) is 0 Å². The number of hydrogen-bond acceptors (Lipinski definition) is 6. The smallest absolute Gasteiger partial charge is 0.253 e. The van der Waals surface area contributed by atoms with Crippen LogP contribution in [0.3, 0.4) is 0 Å². The van der Waals surface area contributed by atoms with Crippen LogP contribution in [0.4, 0.5) is 0 Å². The number of rotatable bonds is 4. The van der Waals surface area contributed by atoms with Gasteiger partial charge in [0.05, 0.1) is 41.6 Å². The minimum Gasteiger partial charge on any atom is -0.493 e. The highest BCUT2D eigenvalue weighted by Gasteiger charge is 2.19. The maximum absolute atomic E-state index is 12.3. The monoisotopic (exact) mass is 389 g/mol. The maximum atomic E-state index is 12.3. The largest absolute Gasteiger partial charge is 0.493 e. The van der Waals surface area contributed by atoms with Crippen LogP contribution in [0.2, 0.25) is 0 Å². The number of benzene rings is 1. The lowest BCUT2D eigenvalue weighted by Gasteiger charge is -2.10. The number of nitrogens with one attached hydrogen (secondary N) is 1. The molecule has 1 unspecified atom stereocenters. The summed E-state index contributed by atoms with van der Waals surface area (Å²) in [4.78, 5) is 16.6. The van der Waals surface area contributed by atoms with Crippen LogP contribution in [-0.2, 0) is 4.74 Å². The van der Waals surface area contributed by atoms with E-state index in [0.717, 1.165) is 17.5 Å². The van der Waals surface area contributed by atoms with Crippen molar-refractivity contribution in [3.05, 3.63) is 59.4 Å². The lowest BCUT2D eigenvalue weighted by molar-refractivity contribution is 0.0929. The fourth-order valence-corrected chi connectivity index (χ4v) is 3.30. The molecule has 0 bridgehead atoms. The van der Waals surface area contributed by atoms with Gasteiger partial charge in [0.15, 0.2) is 5.82 Å². The fourth-order valence-electron chi connectivity index (χ4n) is 3.30. The van der Waals surface area contributed by atoms with Gasteiger partial charge in [-0.3, -0.25) is 4.79 Å². The number of aryl methyl sites for hydroxylation is 1. The van der Waals surface area contributed by atoms with Crippen molar-refractivity contribution in [2.75, 3.05) is 13.2 Å². The molecule has 3 heterocycles. The standard InChI is InChI=1S/C21H19N5O3/c1-13-8-14(9-22)2-4-17(13)18-11-24-26(21(18)28)19-5-3-15(10-23-19)20(27)25-16-6-7-29-12-16/h2-5,8,10-11,16,28H,6-7,12H2,1H3,(H,25,27). The fraction of sp³-hybridized carbons (Fsp3) is 0.238. The first-order valence-corrected chi connectivity index (χ1v) is 9.20. The van der Waals surface area contributed by atoms with Crippen LogP contribution in [0.15, 0.2) is 42.7 Å². The van der Waals surface area contributed by atoms with E-state index in [-0.39, 0.29) is 17.8 Å². The Bertz CT molecular complexity index is 1090. The lowest BCUT2D eigenvalue weighted by atomic mass is 10.0. The molecule has 1 aromatic carbocycles. The van der Waals surface area contributed by atoms with Gasteiger partial charge in [-0.05, 0) is 48.7 Å². The van der Waals surface area contributed by atoms with Crippen LogP contribution in [-0.4, -0.2) is 45.0 Å². The van der Waals surface area contributed by atoms with Crippen LogP contribution < -0.4 is 5.32 Å². The zero-order valence-corrected chi connectivity index (χ0v) is 15.8. The third kappa shape index (κ3) is 3.68. The lowest BCUT2D eigenvalue weighted by Crippen LogP contribution is -2.35. The zero-order chi connectivity index (χ0) is 20.4. The molecule has 146 valence electrons. The highest BCUT2D eigenvalue weighted by molar-refractivity contribution is 5.94. The molecular weight excluding hydrogens is 370 g/mol. The number of amides is 1. The molecule has 2 aromatic heterocycles. The quantitative estimate of drug-likeness (QED) is 0.708. The molecule has 1 aliphatic heterocycles. The van der Waals surface area contributed by atoms with Crippen molar-refractivity contribution in [1.29, 1.82) is 5.26 Å². The first-order valence-electron chi connectivity index (χ1n) is 9.20. The molecule has 1 aliphatic rings. The Morgan fingerprint density at radius 2 is 2.17 bits per heavy atom. The second-order valence-electron chi connectivity index (χ2n) is 6.87. The van der Waals surface area contributed by atoms with Crippen molar-refractivity contribution in [3.8, 4) is 28.9 Å². The molecule has 0 aliphatic carbocycles. The Balaban J connectivity index is 1.56. The number of carbonyl (C=O) groups is 1. The topological polar surface area (TPSA) is 113 Å². The van der Waals surface area contributed by atoms with Crippen LogP contribution in [0, 0.1) is 18.3 Å². The number of pyridine rings is 1. The van der Waals surface area contributed by atoms with E-state index in [2.05, 4.69) is 21.5 Å². The van der Waals surface area contributed by atoms with E-state index in [1.807, 2.05) is 6.92 Å². The predicted octanol–water partition coefficient (Wildman–Crippen LogP) is 2.34. The van der Waals surface area contributed by atoms with E-state index in [1.54, 1.807) is 36.5 Å². The molecule has 3 aromatic rings. The molecular formula is C21H19N5O3. The number of ether oxygens (including phenoxy) is 1. The van der Waals surface area contributed by atoms with Gasteiger partial charge in [-0.2, -0.15) is 15.0 Å². The summed E-state index contributed by atoms with van der Waals surface area (Å²) in [6, 6.07) is 10.6. The Labute approximate surface area is 167 Å². The van der Waals surface area contributed by atoms with Crippen molar-refractivity contribution in [2.24, 2.45) is 0 Å². The van der Waals surface area contributed by atoms with Gasteiger partial charge in [0, 0.05) is 12.8 Å². The first-order chi connectivity index (χ1) is 14.1. The van der Waals surface area contributed by atoms with Gasteiger partial charge >= 0.3 is 0 Å². The van der Waals surface area contributed by atoms with Crippen molar-refractivity contribution < 1.29 is 14.6 Å². The second kappa shape index (κ2) is 7.73. The summed E-state index contributed by atoms with van der Waals surface area (Å²) in [5.41, 5.74) is 3.16. The molecule has 0 saturated carbocycles. The highest BCUT2D eigenvalue weighted by Crippen LogP contribution is 2.33. The van der Waals surface area contributed by atoms with E-state index >= 15 is 0 Å². The summed E-state index contributed by atoms with van der Waals surface area (Å²) in [7, 11) is 0. The molecule has 0 spiro atoms. The summed E-state index contributed by atoms with van der Waals surface area (Å²) in [5, 5.41) is 26.8. The molecule has 2 N–H and O–H groups in total. The highest BCUT2D eigenvalue weighted by atomic mass is 16.5. The van der Waals surface area contributed by atoms with Crippen molar-refractivity contribution in [1.82, 2.24) is 20.1 Å². The van der Waals surface area contributed by atoms with Gasteiger partial charge in [0.25, 0.3) is 5.91 Å². The van der Waals surface area contributed by atoms with E-state index in [0.29, 0.717) is 35.7 Å². The van der Waals surface area contributed by atoms with Crippen LogP contribution >= 0.6 is 0 Å². The van der Waals surface area contributed by atoms with Crippen LogP contribution in [0.25, 0.3) is 16.9 Å². The van der Waals surface area contributed by atoms with E-state index in [1.165, 1.54) is 10.9 Å². The van der Waals surface area contributed by atoms with Crippen molar-refractivity contribution in [2.45, 2.75) is 19.4 Å². The minimum atomic E-state index is -0.210. The maximum Gasteiger partial charge on any atom is 0.253 e. The summed E-state index contributed by atoms with van der Waals surface area (Å²) in [5.74, 6) is 0.115. The molecule has 1 fully saturated rings. The second-order valence-corrected chi connectivity index (χ2v) is 6.87. The number of aromatic hydroxyl groups is 1. The average Bonchev–Trinajstić information content (AvgIpc) is 3.38.